The molecule has 120 valence electrons. The number of nitrogens with zero attached hydrogens (tertiary/aromatic N) is 3. The van der Waals surface area contributed by atoms with E-state index in [9.17, 15) is 9.59 Å². The molecule has 0 aliphatic carbocycles. The third kappa shape index (κ3) is 3.72. The lowest BCUT2D eigenvalue weighted by molar-refractivity contribution is -0.131. The number of fused-ring (bicyclic) bond motifs is 1. The van der Waals surface area contributed by atoms with Crippen LogP contribution in [0.25, 0.3) is 10.2 Å². The number of amides is 1. The van der Waals surface area contributed by atoms with Gasteiger partial charge in [-0.3, -0.25) is 14.2 Å². The Labute approximate surface area is 133 Å². The van der Waals surface area contributed by atoms with Crippen LogP contribution in [0.4, 0.5) is 0 Å². The van der Waals surface area contributed by atoms with E-state index in [0.717, 1.165) is 4.83 Å². The molecule has 2 aromatic heterocycles. The van der Waals surface area contributed by atoms with Crippen LogP contribution in [0.1, 0.15) is 20.3 Å². The van der Waals surface area contributed by atoms with E-state index in [1.807, 2.05) is 19.2 Å². The normalized spacial score (nSPS) is 11.8. The highest BCUT2D eigenvalue weighted by Gasteiger charge is 2.21. The number of aryl methyl sites for hydroxylation is 1. The molecule has 2 N–H and O–H groups in total. The number of aromatic nitrogens is 2. The zero-order valence-electron chi connectivity index (χ0n) is 13.2. The summed E-state index contributed by atoms with van der Waals surface area (Å²) >= 11 is 1.44. The largest absolute Gasteiger partial charge is 0.345 e. The molecule has 0 atom stereocenters. The number of rotatable bonds is 6. The maximum Gasteiger partial charge on any atom is 0.262 e. The summed E-state index contributed by atoms with van der Waals surface area (Å²) < 4.78 is 1.49. The van der Waals surface area contributed by atoms with E-state index >= 15 is 0 Å². The Hall–Kier alpha value is -1.73. The van der Waals surface area contributed by atoms with Crippen molar-refractivity contribution < 1.29 is 4.79 Å². The van der Waals surface area contributed by atoms with Crippen LogP contribution in [0.2, 0.25) is 0 Å². The van der Waals surface area contributed by atoms with Crippen LogP contribution in [-0.2, 0) is 11.3 Å². The third-order valence-corrected chi connectivity index (χ3v) is 4.48. The van der Waals surface area contributed by atoms with Crippen LogP contribution >= 0.6 is 11.3 Å². The van der Waals surface area contributed by atoms with Crippen molar-refractivity contribution in [2.24, 2.45) is 11.1 Å². The number of thiophene rings is 1. The molecule has 22 heavy (non-hydrogen) atoms. The van der Waals surface area contributed by atoms with E-state index in [4.69, 9.17) is 5.73 Å². The predicted octanol–water partition coefficient (Wildman–Crippen LogP) is 1.29. The Morgan fingerprint density at radius 2 is 2.23 bits per heavy atom. The molecule has 0 unspecified atom stereocenters. The maximum absolute atomic E-state index is 12.2. The van der Waals surface area contributed by atoms with Crippen molar-refractivity contribution >= 4 is 27.5 Å². The van der Waals surface area contributed by atoms with Gasteiger partial charge in [0.05, 0.1) is 11.7 Å². The fraction of sp³-hybridized carbons (Fsp3) is 0.533. The molecule has 2 aromatic rings. The van der Waals surface area contributed by atoms with Crippen molar-refractivity contribution in [3.8, 4) is 0 Å². The second kappa shape index (κ2) is 6.58. The summed E-state index contributed by atoms with van der Waals surface area (Å²) in [7, 11) is 1.77. The van der Waals surface area contributed by atoms with E-state index in [1.165, 1.54) is 22.2 Å². The van der Waals surface area contributed by atoms with E-state index in [1.54, 1.807) is 18.0 Å². The van der Waals surface area contributed by atoms with Crippen molar-refractivity contribution in [1.29, 1.82) is 0 Å². The van der Waals surface area contributed by atoms with Gasteiger partial charge in [0.25, 0.3) is 5.56 Å². The van der Waals surface area contributed by atoms with Gasteiger partial charge in [0, 0.05) is 26.6 Å². The fourth-order valence-electron chi connectivity index (χ4n) is 2.25. The molecule has 0 saturated heterocycles. The van der Waals surface area contributed by atoms with Crippen LogP contribution in [-0.4, -0.2) is 40.5 Å². The average molecular weight is 322 g/mol. The first-order valence-corrected chi connectivity index (χ1v) is 8.09. The summed E-state index contributed by atoms with van der Waals surface area (Å²) in [5, 5.41) is 2.45. The number of carbonyl (C=O) groups excluding carboxylic acids is 1. The summed E-state index contributed by atoms with van der Waals surface area (Å²) in [6.45, 7) is 5.50. The highest BCUT2D eigenvalue weighted by atomic mass is 32.1. The molecule has 0 radical (unpaired) electrons. The second-order valence-corrected chi connectivity index (χ2v) is 7.15. The number of nitrogens with two attached hydrogens (primary N) is 1. The Morgan fingerprint density at radius 3 is 2.91 bits per heavy atom. The summed E-state index contributed by atoms with van der Waals surface area (Å²) in [6.07, 6.45) is 1.78. The standard InChI is InChI=1S/C15H22N4O2S/c1-15(2,8-16)9-18(3)12(20)4-6-19-10-17-13-11(14(19)21)5-7-22-13/h5,7,10H,4,6,8-9,16H2,1-3H3. The lowest BCUT2D eigenvalue weighted by Gasteiger charge is -2.29. The minimum Gasteiger partial charge on any atom is -0.345 e. The Kier molecular flexibility index (Phi) is 4.97. The average Bonchev–Trinajstić information content (AvgIpc) is 2.95. The van der Waals surface area contributed by atoms with Gasteiger partial charge in [-0.25, -0.2) is 4.98 Å². The van der Waals surface area contributed by atoms with Crippen molar-refractivity contribution in [1.82, 2.24) is 14.5 Å². The molecular weight excluding hydrogens is 300 g/mol. The SMILES string of the molecule is CN(CC(C)(C)CN)C(=O)CCn1cnc2sccc2c1=O. The fourth-order valence-corrected chi connectivity index (χ4v) is 2.98. The van der Waals surface area contributed by atoms with Gasteiger partial charge in [0.1, 0.15) is 4.83 Å². The third-order valence-electron chi connectivity index (χ3n) is 3.66. The van der Waals surface area contributed by atoms with E-state index in [-0.39, 0.29) is 23.3 Å². The summed E-state index contributed by atoms with van der Waals surface area (Å²) in [5.41, 5.74) is 5.49. The molecule has 7 heteroatoms. The van der Waals surface area contributed by atoms with Crippen molar-refractivity contribution in [3.05, 3.63) is 28.1 Å². The molecule has 0 aromatic carbocycles. The highest BCUT2D eigenvalue weighted by molar-refractivity contribution is 7.16. The minimum absolute atomic E-state index is 0.00107. The van der Waals surface area contributed by atoms with Gasteiger partial charge in [0.15, 0.2) is 0 Å². The maximum atomic E-state index is 12.2. The summed E-state index contributed by atoms with van der Waals surface area (Å²) in [6, 6.07) is 1.77. The molecule has 0 aliphatic heterocycles. The quantitative estimate of drug-likeness (QED) is 0.869. The van der Waals surface area contributed by atoms with Gasteiger partial charge in [0.2, 0.25) is 5.91 Å². The number of carbonyl (C=O) groups is 1. The number of hydrogen-bond donors (Lipinski definition) is 1. The Bertz CT molecular complexity index is 720. The first-order chi connectivity index (χ1) is 10.3. The molecule has 1 amide bonds. The second-order valence-electron chi connectivity index (χ2n) is 6.25. The van der Waals surface area contributed by atoms with Crippen molar-refractivity contribution in [2.75, 3.05) is 20.1 Å². The van der Waals surface area contributed by atoms with Gasteiger partial charge in [-0.1, -0.05) is 13.8 Å². The van der Waals surface area contributed by atoms with Crippen molar-refractivity contribution in [3.63, 3.8) is 0 Å². The molecule has 2 heterocycles. The van der Waals surface area contributed by atoms with Gasteiger partial charge >= 0.3 is 0 Å². The molecule has 0 saturated carbocycles. The molecule has 0 spiro atoms. The topological polar surface area (TPSA) is 81.2 Å². The van der Waals surface area contributed by atoms with Crippen LogP contribution in [0.5, 0.6) is 0 Å². The molecule has 2 rings (SSSR count). The smallest absolute Gasteiger partial charge is 0.262 e. The van der Waals surface area contributed by atoms with Gasteiger partial charge in [-0.05, 0) is 23.4 Å². The Morgan fingerprint density at radius 1 is 1.50 bits per heavy atom. The summed E-state index contributed by atoms with van der Waals surface area (Å²) in [4.78, 5) is 31.1. The molecule has 0 bridgehead atoms. The first-order valence-electron chi connectivity index (χ1n) is 7.21. The van der Waals surface area contributed by atoms with E-state index in [2.05, 4.69) is 4.98 Å². The van der Waals surface area contributed by atoms with Gasteiger partial charge in [-0.2, -0.15) is 0 Å². The summed E-state index contributed by atoms with van der Waals surface area (Å²) in [5.74, 6) is -0.00107. The van der Waals surface area contributed by atoms with Crippen LogP contribution in [0.3, 0.4) is 0 Å². The number of hydrogen-bond acceptors (Lipinski definition) is 5. The highest BCUT2D eigenvalue weighted by Crippen LogP contribution is 2.15. The van der Waals surface area contributed by atoms with Crippen molar-refractivity contribution in [2.45, 2.75) is 26.8 Å². The van der Waals surface area contributed by atoms with E-state index in [0.29, 0.717) is 25.0 Å². The molecule has 6 nitrogen and oxygen atoms in total. The zero-order valence-corrected chi connectivity index (χ0v) is 14.0. The monoisotopic (exact) mass is 322 g/mol. The minimum atomic E-state index is -0.113. The van der Waals surface area contributed by atoms with Gasteiger partial charge in [-0.15, -0.1) is 11.3 Å². The predicted molar refractivity (Wildman–Crippen MR) is 89.0 cm³/mol. The molecule has 0 aliphatic rings. The Balaban J connectivity index is 2.01. The van der Waals surface area contributed by atoms with Crippen LogP contribution < -0.4 is 11.3 Å². The molecule has 0 fully saturated rings. The lowest BCUT2D eigenvalue weighted by atomic mass is 9.93. The molecular formula is C15H22N4O2S. The first kappa shape index (κ1) is 16.6. The van der Waals surface area contributed by atoms with E-state index < -0.39 is 0 Å². The zero-order chi connectivity index (χ0) is 16.3. The lowest BCUT2D eigenvalue weighted by Crippen LogP contribution is -2.40. The van der Waals surface area contributed by atoms with Crippen LogP contribution in [0.15, 0.2) is 22.6 Å². The van der Waals surface area contributed by atoms with Gasteiger partial charge < -0.3 is 10.6 Å². The van der Waals surface area contributed by atoms with Crippen LogP contribution in [0, 0.1) is 5.41 Å².